The van der Waals surface area contributed by atoms with Crippen LogP contribution in [0, 0.1) is 0 Å². The Morgan fingerprint density at radius 3 is 1.92 bits per heavy atom. The molecular formula is C30H35N3O2S. The maximum absolute atomic E-state index is 14.6. The van der Waals surface area contributed by atoms with Gasteiger partial charge in [-0.05, 0) is 63.0 Å². The monoisotopic (exact) mass is 501 g/mol. The molecule has 188 valence electrons. The van der Waals surface area contributed by atoms with E-state index in [1.54, 1.807) is 4.31 Å². The highest BCUT2D eigenvalue weighted by molar-refractivity contribution is 7.89. The largest absolute Gasteiger partial charge is 0.329 e. The summed E-state index contributed by atoms with van der Waals surface area (Å²) in [5, 5.41) is 1.32. The van der Waals surface area contributed by atoms with Crippen LogP contribution in [0.4, 0.5) is 0 Å². The number of rotatable bonds is 9. The molecule has 1 saturated heterocycles. The van der Waals surface area contributed by atoms with Crippen LogP contribution in [0.5, 0.6) is 0 Å². The molecule has 0 unspecified atom stereocenters. The van der Waals surface area contributed by atoms with Gasteiger partial charge in [0, 0.05) is 30.0 Å². The van der Waals surface area contributed by atoms with Crippen molar-refractivity contribution in [2.75, 3.05) is 19.6 Å². The topological polar surface area (TPSA) is 45.6 Å². The minimum absolute atomic E-state index is 0.245. The zero-order valence-electron chi connectivity index (χ0n) is 21.1. The summed E-state index contributed by atoms with van der Waals surface area (Å²) < 4.78 is 33.0. The van der Waals surface area contributed by atoms with Crippen LogP contribution in [-0.2, 0) is 16.6 Å². The molecule has 36 heavy (non-hydrogen) atoms. The van der Waals surface area contributed by atoms with Crippen molar-refractivity contribution in [1.29, 1.82) is 0 Å². The Kier molecular flexibility index (Phi) is 7.28. The number of benzene rings is 3. The predicted octanol–water partition coefficient (Wildman–Crippen LogP) is 5.93. The molecule has 0 radical (unpaired) electrons. The summed E-state index contributed by atoms with van der Waals surface area (Å²) in [7, 11) is -3.86. The van der Waals surface area contributed by atoms with Gasteiger partial charge in [-0.25, -0.2) is 8.42 Å². The van der Waals surface area contributed by atoms with E-state index in [9.17, 15) is 8.42 Å². The Labute approximate surface area is 215 Å². The normalized spacial score (nSPS) is 15.0. The fourth-order valence-corrected chi connectivity index (χ4v) is 7.49. The Morgan fingerprint density at radius 2 is 1.33 bits per heavy atom. The average Bonchev–Trinajstić information content (AvgIpc) is 3.55. The lowest BCUT2D eigenvalue weighted by Gasteiger charge is -2.35. The van der Waals surface area contributed by atoms with Gasteiger partial charge in [0.15, 0.2) is 5.03 Å². The van der Waals surface area contributed by atoms with Gasteiger partial charge < -0.3 is 9.47 Å². The number of hydrogen-bond acceptors (Lipinski definition) is 3. The Hall–Kier alpha value is -2.93. The second-order valence-corrected chi connectivity index (χ2v) is 11.7. The van der Waals surface area contributed by atoms with Crippen LogP contribution in [-0.4, -0.2) is 47.9 Å². The average molecular weight is 502 g/mol. The first kappa shape index (κ1) is 24.8. The highest BCUT2D eigenvalue weighted by atomic mass is 32.2. The summed E-state index contributed by atoms with van der Waals surface area (Å²) in [4.78, 5) is 2.43. The first-order valence-corrected chi connectivity index (χ1v) is 14.3. The Bertz CT molecular complexity index is 1350. The van der Waals surface area contributed by atoms with E-state index in [1.165, 1.54) is 12.8 Å². The summed E-state index contributed by atoms with van der Waals surface area (Å²) in [6, 6.07) is 29.1. The van der Waals surface area contributed by atoms with Crippen molar-refractivity contribution in [2.24, 2.45) is 0 Å². The molecule has 2 heterocycles. The number of nitrogens with zero attached hydrogens (tertiary/aromatic N) is 3. The molecule has 1 aliphatic rings. The van der Waals surface area contributed by atoms with Crippen molar-refractivity contribution in [3.05, 3.63) is 102 Å². The fourth-order valence-electron chi connectivity index (χ4n) is 5.46. The predicted molar refractivity (Wildman–Crippen MR) is 146 cm³/mol. The van der Waals surface area contributed by atoms with Crippen molar-refractivity contribution in [3.8, 4) is 0 Å². The van der Waals surface area contributed by atoms with Crippen LogP contribution < -0.4 is 0 Å². The van der Waals surface area contributed by atoms with Crippen LogP contribution in [0.1, 0.15) is 43.9 Å². The second-order valence-electron chi connectivity index (χ2n) is 9.89. The third-order valence-corrected chi connectivity index (χ3v) is 9.20. The molecule has 1 aliphatic heterocycles. The summed E-state index contributed by atoms with van der Waals surface area (Å²) in [6.45, 7) is 7.60. The molecule has 1 aromatic heterocycles. The van der Waals surface area contributed by atoms with Crippen molar-refractivity contribution >= 4 is 20.9 Å². The molecule has 0 N–H and O–H groups in total. The van der Waals surface area contributed by atoms with Crippen molar-refractivity contribution in [2.45, 2.75) is 50.3 Å². The summed E-state index contributed by atoms with van der Waals surface area (Å²) in [5.41, 5.74) is 2.89. The van der Waals surface area contributed by atoms with Gasteiger partial charge in [0.2, 0.25) is 0 Å². The second kappa shape index (κ2) is 10.6. The third-order valence-electron chi connectivity index (χ3n) is 7.15. The highest BCUT2D eigenvalue weighted by Gasteiger charge is 2.38. The van der Waals surface area contributed by atoms with E-state index in [-0.39, 0.29) is 6.04 Å². The van der Waals surface area contributed by atoms with Crippen LogP contribution in [0.15, 0.2) is 96.0 Å². The molecule has 4 aromatic rings. The molecule has 0 bridgehead atoms. The van der Waals surface area contributed by atoms with Crippen molar-refractivity contribution in [3.63, 3.8) is 0 Å². The van der Waals surface area contributed by atoms with Gasteiger partial charge in [0.25, 0.3) is 10.0 Å². The maximum Gasteiger partial charge on any atom is 0.259 e. The van der Waals surface area contributed by atoms with Gasteiger partial charge in [-0.2, -0.15) is 4.31 Å². The molecule has 1 fully saturated rings. The lowest BCUT2D eigenvalue weighted by atomic mass is 9.98. The molecule has 5 rings (SSSR count). The van der Waals surface area contributed by atoms with Crippen LogP contribution in [0.2, 0.25) is 0 Å². The lowest BCUT2D eigenvalue weighted by molar-refractivity contribution is 0.299. The minimum Gasteiger partial charge on any atom is -0.329 e. The molecule has 0 saturated carbocycles. The molecule has 6 heteroatoms. The van der Waals surface area contributed by atoms with Crippen LogP contribution >= 0.6 is 0 Å². The highest BCUT2D eigenvalue weighted by Crippen LogP contribution is 2.37. The smallest absolute Gasteiger partial charge is 0.259 e. The molecule has 5 nitrogen and oxygen atoms in total. The maximum atomic E-state index is 14.6. The van der Waals surface area contributed by atoms with Gasteiger partial charge in [0.05, 0.1) is 6.04 Å². The molecule has 3 aromatic carbocycles. The first-order valence-electron chi connectivity index (χ1n) is 12.9. The zero-order chi connectivity index (χ0) is 25.1. The van der Waals surface area contributed by atoms with Gasteiger partial charge in [-0.15, -0.1) is 0 Å². The van der Waals surface area contributed by atoms with Crippen LogP contribution in [0.25, 0.3) is 10.9 Å². The number of sulfonamides is 1. The van der Waals surface area contributed by atoms with Crippen molar-refractivity contribution in [1.82, 2.24) is 13.8 Å². The summed E-state index contributed by atoms with van der Waals surface area (Å²) in [6.07, 6.45) is 2.43. The number of hydrogen-bond donors (Lipinski definition) is 0. The van der Waals surface area contributed by atoms with E-state index in [4.69, 9.17) is 0 Å². The van der Waals surface area contributed by atoms with E-state index >= 15 is 0 Å². The van der Waals surface area contributed by atoms with Gasteiger partial charge in [0.1, 0.15) is 0 Å². The van der Waals surface area contributed by atoms with E-state index < -0.39 is 16.1 Å². The standard InChI is InChI=1S/C30H35N3O2S/c1-24(2)33(30(25-13-5-3-6-14-25)26-15-7-4-8-16-26)36(34,35)29-23-27-17-9-10-18-28(27)32(29)22-21-31-19-11-12-20-31/h3-10,13-18,23-24,30H,11-12,19-22H2,1-2H3. The summed E-state index contributed by atoms with van der Waals surface area (Å²) >= 11 is 0. The van der Waals surface area contributed by atoms with Crippen LogP contribution in [0.3, 0.4) is 0 Å². The molecular weight excluding hydrogens is 466 g/mol. The number of likely N-dealkylation sites (tertiary alicyclic amines) is 1. The first-order chi connectivity index (χ1) is 17.5. The molecule has 0 amide bonds. The van der Waals surface area contributed by atoms with E-state index in [0.29, 0.717) is 11.6 Å². The number of aromatic nitrogens is 1. The van der Waals surface area contributed by atoms with Gasteiger partial charge in [-0.1, -0.05) is 78.9 Å². The zero-order valence-corrected chi connectivity index (χ0v) is 21.9. The Balaban J connectivity index is 1.64. The minimum atomic E-state index is -3.86. The van der Waals surface area contributed by atoms with E-state index in [0.717, 1.165) is 41.7 Å². The lowest BCUT2D eigenvalue weighted by Crippen LogP contribution is -2.41. The van der Waals surface area contributed by atoms with E-state index in [1.807, 2.05) is 109 Å². The number of para-hydroxylation sites is 1. The van der Waals surface area contributed by atoms with Gasteiger partial charge >= 0.3 is 0 Å². The quantitative estimate of drug-likeness (QED) is 0.286. The Morgan fingerprint density at radius 1 is 0.778 bits per heavy atom. The third kappa shape index (κ3) is 4.85. The van der Waals surface area contributed by atoms with Crippen molar-refractivity contribution < 1.29 is 8.42 Å². The van der Waals surface area contributed by atoms with Gasteiger partial charge in [-0.3, -0.25) is 0 Å². The fraction of sp³-hybridized carbons (Fsp3) is 0.333. The van der Waals surface area contributed by atoms with E-state index in [2.05, 4.69) is 4.90 Å². The molecule has 0 aliphatic carbocycles. The molecule has 0 atom stereocenters. The SMILES string of the molecule is CC(C)N(C(c1ccccc1)c1ccccc1)S(=O)(=O)c1cc2ccccc2n1CCN1CCCC1. The number of fused-ring (bicyclic) bond motifs is 1. The summed E-state index contributed by atoms with van der Waals surface area (Å²) in [5.74, 6) is 0. The molecule has 0 spiro atoms.